The van der Waals surface area contributed by atoms with Gasteiger partial charge in [0, 0.05) is 56.1 Å². The second-order valence-corrected chi connectivity index (χ2v) is 11.0. The monoisotopic (exact) mass is 533 g/mol. The first-order valence-corrected chi connectivity index (χ1v) is 14.0. The zero-order chi connectivity index (χ0) is 28.3. The summed E-state index contributed by atoms with van der Waals surface area (Å²) in [6.07, 6.45) is 7.07. The Morgan fingerprint density at radius 3 is 2.68 bits per heavy atom. The predicted molar refractivity (Wildman–Crippen MR) is 154 cm³/mol. The molecule has 4 heterocycles. The molecule has 2 aliphatic heterocycles. The summed E-state index contributed by atoms with van der Waals surface area (Å²) in [5.41, 5.74) is 4.21. The van der Waals surface area contributed by atoms with Gasteiger partial charge in [-0.1, -0.05) is 29.8 Å². The maximum atomic E-state index is 12.8. The Morgan fingerprint density at radius 1 is 1.13 bits per heavy atom. The molecule has 1 aromatic carbocycles. The Kier molecular flexibility index (Phi) is 7.90. The molecule has 2 aliphatic rings. The number of anilines is 1. The van der Waals surface area contributed by atoms with Crippen LogP contribution < -0.4 is 5.32 Å². The average molecular weight is 534 g/mol. The Labute approximate surface area is 234 Å². The highest BCUT2D eigenvalue weighted by molar-refractivity contribution is 6.31. The highest BCUT2D eigenvalue weighted by Crippen LogP contribution is 2.33. The number of piperidine rings is 1. The third kappa shape index (κ3) is 6.60. The molecule has 7 heteroatoms. The number of benzene rings is 1. The molecule has 0 bridgehead atoms. The van der Waals surface area contributed by atoms with Crippen LogP contribution in [0.3, 0.4) is 0 Å². The van der Waals surface area contributed by atoms with Gasteiger partial charge in [0.25, 0.3) is 5.91 Å². The molecule has 200 valence electrons. The maximum Gasteiger partial charge on any atom is 0.274 e. The first kappa shape index (κ1) is 24.3. The van der Waals surface area contributed by atoms with E-state index in [0.29, 0.717) is 24.2 Å². The van der Waals surface area contributed by atoms with Crippen LogP contribution in [0, 0.1) is 6.92 Å². The normalized spacial score (nSPS) is 23.8. The summed E-state index contributed by atoms with van der Waals surface area (Å²) in [6, 6.07) is 15.6. The molecule has 0 aliphatic carbocycles. The van der Waals surface area contributed by atoms with E-state index in [2.05, 4.69) is 46.1 Å². The van der Waals surface area contributed by atoms with E-state index in [4.69, 9.17) is 19.3 Å². The third-order valence-corrected chi connectivity index (χ3v) is 8.15. The van der Waals surface area contributed by atoms with Gasteiger partial charge in [0.15, 0.2) is 0 Å². The molecule has 38 heavy (non-hydrogen) atoms. The molecule has 2 unspecified atom stereocenters. The SMILES string of the molecule is [2H]C1([2H])CCC(c2cccc(C(=O)Nc3ccncc3)n2)CC(C)N1C1CCN(Cc2ccc(C)cc2Cl)CC1. The molecular weight excluding hydrogens is 494 g/mol. The van der Waals surface area contributed by atoms with Crippen molar-refractivity contribution in [2.24, 2.45) is 0 Å². The number of carbonyl (C=O) groups is 1. The molecular formula is C31H38ClN5O. The van der Waals surface area contributed by atoms with Crippen LogP contribution in [0.25, 0.3) is 0 Å². The van der Waals surface area contributed by atoms with Crippen LogP contribution in [-0.4, -0.2) is 57.3 Å². The number of pyridine rings is 2. The fraction of sp³-hybridized carbons (Fsp3) is 0.452. The molecule has 2 atom stereocenters. The summed E-state index contributed by atoms with van der Waals surface area (Å²) >= 11 is 6.49. The lowest BCUT2D eigenvalue weighted by molar-refractivity contribution is 0.0778. The van der Waals surface area contributed by atoms with Crippen molar-refractivity contribution < 1.29 is 7.54 Å². The Balaban J connectivity index is 1.23. The Hall–Kier alpha value is -2.80. The largest absolute Gasteiger partial charge is 0.321 e. The number of halogens is 1. The minimum absolute atomic E-state index is 0.0571. The van der Waals surface area contributed by atoms with Gasteiger partial charge in [-0.3, -0.25) is 19.6 Å². The van der Waals surface area contributed by atoms with Gasteiger partial charge in [-0.25, -0.2) is 4.98 Å². The number of hydrogen-bond donors (Lipinski definition) is 1. The molecule has 5 rings (SSSR count). The molecule has 1 N–H and O–H groups in total. The molecule has 2 saturated heterocycles. The van der Waals surface area contributed by atoms with Crippen molar-refractivity contribution >= 4 is 23.2 Å². The second-order valence-electron chi connectivity index (χ2n) is 10.6. The lowest BCUT2D eigenvalue weighted by atomic mass is 9.92. The first-order valence-electron chi connectivity index (χ1n) is 14.6. The van der Waals surface area contributed by atoms with Crippen LogP contribution >= 0.6 is 11.6 Å². The molecule has 2 aromatic heterocycles. The quantitative estimate of drug-likeness (QED) is 0.402. The minimum atomic E-state index is -1.39. The van der Waals surface area contributed by atoms with Gasteiger partial charge in [0.05, 0.1) is 0 Å². The summed E-state index contributed by atoms with van der Waals surface area (Å²) in [5.74, 6) is -0.169. The topological polar surface area (TPSA) is 61.4 Å². The van der Waals surface area contributed by atoms with Crippen LogP contribution in [0.1, 0.15) is 75.0 Å². The number of aryl methyl sites for hydroxylation is 1. The van der Waals surface area contributed by atoms with Gasteiger partial charge < -0.3 is 5.32 Å². The molecule has 3 aromatic rings. The number of likely N-dealkylation sites (tertiary alicyclic amines) is 2. The zero-order valence-corrected chi connectivity index (χ0v) is 23.0. The highest BCUT2D eigenvalue weighted by atomic mass is 35.5. The van der Waals surface area contributed by atoms with Crippen molar-refractivity contribution in [2.45, 2.75) is 70.5 Å². The van der Waals surface area contributed by atoms with E-state index in [-0.39, 0.29) is 23.9 Å². The van der Waals surface area contributed by atoms with Crippen molar-refractivity contribution in [3.63, 3.8) is 0 Å². The van der Waals surface area contributed by atoms with Crippen LogP contribution in [0.5, 0.6) is 0 Å². The van der Waals surface area contributed by atoms with Gasteiger partial charge in [-0.15, -0.1) is 0 Å². The van der Waals surface area contributed by atoms with Gasteiger partial charge in [0.2, 0.25) is 0 Å². The van der Waals surface area contributed by atoms with Gasteiger partial charge >= 0.3 is 0 Å². The number of carbonyl (C=O) groups excluding carboxylic acids is 1. The highest BCUT2D eigenvalue weighted by Gasteiger charge is 2.32. The predicted octanol–water partition coefficient (Wildman–Crippen LogP) is 6.31. The minimum Gasteiger partial charge on any atom is -0.321 e. The fourth-order valence-electron chi connectivity index (χ4n) is 5.74. The molecule has 0 spiro atoms. The second kappa shape index (κ2) is 12.4. The van der Waals surface area contributed by atoms with E-state index in [0.717, 1.165) is 55.2 Å². The van der Waals surface area contributed by atoms with Gasteiger partial charge in [-0.2, -0.15) is 0 Å². The zero-order valence-electron chi connectivity index (χ0n) is 24.2. The number of aromatic nitrogens is 2. The van der Waals surface area contributed by atoms with Gasteiger partial charge in [0.1, 0.15) is 5.69 Å². The summed E-state index contributed by atoms with van der Waals surface area (Å²) in [5, 5.41) is 3.69. The molecule has 0 saturated carbocycles. The molecule has 1 amide bonds. The van der Waals surface area contributed by atoms with Crippen LogP contribution in [0.4, 0.5) is 5.69 Å². The van der Waals surface area contributed by atoms with Crippen molar-refractivity contribution in [3.05, 3.63) is 88.5 Å². The summed E-state index contributed by atoms with van der Waals surface area (Å²) < 4.78 is 18.1. The number of amides is 1. The van der Waals surface area contributed by atoms with E-state index in [9.17, 15) is 4.79 Å². The number of nitrogens with one attached hydrogen (secondary N) is 1. The van der Waals surface area contributed by atoms with Crippen molar-refractivity contribution in [2.75, 3.05) is 24.9 Å². The molecule has 6 nitrogen and oxygen atoms in total. The van der Waals surface area contributed by atoms with Crippen molar-refractivity contribution in [3.8, 4) is 0 Å². The van der Waals surface area contributed by atoms with Crippen LogP contribution in [0.15, 0.2) is 60.9 Å². The number of nitrogens with zero attached hydrogens (tertiary/aromatic N) is 4. The van der Waals surface area contributed by atoms with Gasteiger partial charge in [-0.05, 0) is 107 Å². The average Bonchev–Trinajstić information content (AvgIpc) is 3.06. The van der Waals surface area contributed by atoms with Crippen molar-refractivity contribution in [1.82, 2.24) is 19.8 Å². The Bertz CT molecular complexity index is 1320. The standard InChI is InChI=1S/C31H38ClN5O/c1-22-8-9-25(28(32)19-22)21-36-17-12-27(13-18-36)37-16-4-5-24(20-23(37)2)29-6-3-7-30(35-29)31(38)34-26-10-14-33-15-11-26/h3,6-11,14-15,19,23-24,27H,4-5,12-13,16-18,20-21H2,1-2H3,(H,33,34,38)/i16D2. The number of rotatable bonds is 6. The number of hydrogen-bond acceptors (Lipinski definition) is 5. The lowest BCUT2D eigenvalue weighted by Crippen LogP contribution is -2.48. The maximum absolute atomic E-state index is 12.8. The summed E-state index contributed by atoms with van der Waals surface area (Å²) in [6.45, 7) is 5.48. The van der Waals surface area contributed by atoms with Crippen LogP contribution in [0.2, 0.25) is 5.02 Å². The molecule has 0 radical (unpaired) electrons. The Morgan fingerprint density at radius 2 is 1.92 bits per heavy atom. The fourth-order valence-corrected chi connectivity index (χ4v) is 6.03. The van der Waals surface area contributed by atoms with E-state index in [1.807, 2.05) is 18.2 Å². The summed E-state index contributed by atoms with van der Waals surface area (Å²) in [4.78, 5) is 26.1. The first-order chi connectivity index (χ1) is 19.2. The summed E-state index contributed by atoms with van der Waals surface area (Å²) in [7, 11) is 0. The van der Waals surface area contributed by atoms with E-state index in [1.54, 1.807) is 30.6 Å². The smallest absolute Gasteiger partial charge is 0.274 e. The molecule has 2 fully saturated rings. The van der Waals surface area contributed by atoms with E-state index in [1.165, 1.54) is 5.56 Å². The van der Waals surface area contributed by atoms with E-state index >= 15 is 0 Å². The lowest BCUT2D eigenvalue weighted by Gasteiger charge is -2.41. The van der Waals surface area contributed by atoms with Crippen LogP contribution in [-0.2, 0) is 6.54 Å². The van der Waals surface area contributed by atoms with Crippen molar-refractivity contribution in [1.29, 1.82) is 0 Å². The third-order valence-electron chi connectivity index (χ3n) is 7.80. The van der Waals surface area contributed by atoms with E-state index < -0.39 is 6.50 Å².